The van der Waals surface area contributed by atoms with Crippen molar-refractivity contribution in [2.24, 2.45) is 5.92 Å². The minimum absolute atomic E-state index is 0.190. The Hall–Kier alpha value is -0.580. The van der Waals surface area contributed by atoms with Crippen LogP contribution >= 0.6 is 23.2 Å². The molecule has 1 aromatic heterocycles. The molecule has 1 N–H and O–H groups in total. The van der Waals surface area contributed by atoms with Gasteiger partial charge in [-0.25, -0.2) is 4.98 Å². The lowest BCUT2D eigenvalue weighted by atomic mass is 10.0. The van der Waals surface area contributed by atoms with Crippen LogP contribution in [0.25, 0.3) is 0 Å². The molecule has 1 aliphatic rings. The lowest BCUT2D eigenvalue weighted by Crippen LogP contribution is -2.36. The van der Waals surface area contributed by atoms with Gasteiger partial charge in [0.2, 0.25) is 5.28 Å². The highest BCUT2D eigenvalue weighted by Crippen LogP contribution is 2.33. The van der Waals surface area contributed by atoms with E-state index in [4.69, 9.17) is 23.2 Å². The van der Waals surface area contributed by atoms with Crippen LogP contribution in [0.2, 0.25) is 10.3 Å². The average Bonchev–Trinajstić information content (AvgIpc) is 2.79. The Morgan fingerprint density at radius 1 is 1.47 bits per heavy atom. The van der Waals surface area contributed by atoms with Crippen molar-refractivity contribution < 1.29 is 5.11 Å². The van der Waals surface area contributed by atoms with E-state index in [0.717, 1.165) is 19.3 Å². The molecule has 0 amide bonds. The van der Waals surface area contributed by atoms with Gasteiger partial charge in [0.15, 0.2) is 5.82 Å². The molecule has 0 spiro atoms. The van der Waals surface area contributed by atoms with Gasteiger partial charge in [0, 0.05) is 25.6 Å². The lowest BCUT2D eigenvalue weighted by Gasteiger charge is -2.30. The third-order valence-electron chi connectivity index (χ3n) is 3.38. The summed E-state index contributed by atoms with van der Waals surface area (Å²) in [6.07, 6.45) is 4.71. The fourth-order valence-electron chi connectivity index (χ4n) is 2.48. The van der Waals surface area contributed by atoms with E-state index < -0.39 is 0 Å². The molecule has 1 fully saturated rings. The summed E-state index contributed by atoms with van der Waals surface area (Å²) in [7, 11) is 1.93. The summed E-state index contributed by atoms with van der Waals surface area (Å²) in [6.45, 7) is 0.200. The minimum atomic E-state index is 0.190. The molecular formula is C11H15Cl2N3O. The quantitative estimate of drug-likeness (QED) is 0.861. The molecule has 1 saturated carbocycles. The topological polar surface area (TPSA) is 49.2 Å². The first kappa shape index (κ1) is 12.9. The summed E-state index contributed by atoms with van der Waals surface area (Å²) in [6, 6.07) is 0.267. The molecule has 2 rings (SSSR count). The molecular weight excluding hydrogens is 261 g/mol. The van der Waals surface area contributed by atoms with Crippen LogP contribution in [0.3, 0.4) is 0 Å². The van der Waals surface area contributed by atoms with Crippen molar-refractivity contribution in [1.82, 2.24) is 9.97 Å². The maximum absolute atomic E-state index is 9.34. The molecule has 2 atom stereocenters. The van der Waals surface area contributed by atoms with Crippen LogP contribution in [0.5, 0.6) is 0 Å². The smallest absolute Gasteiger partial charge is 0.224 e. The van der Waals surface area contributed by atoms with Crippen molar-refractivity contribution in [3.8, 4) is 0 Å². The maximum atomic E-state index is 9.34. The molecule has 1 aliphatic carbocycles. The molecule has 0 radical (unpaired) electrons. The van der Waals surface area contributed by atoms with Gasteiger partial charge < -0.3 is 10.0 Å². The lowest BCUT2D eigenvalue weighted by molar-refractivity contribution is 0.216. The molecule has 0 aliphatic heterocycles. The zero-order valence-electron chi connectivity index (χ0n) is 9.61. The van der Waals surface area contributed by atoms with Crippen LogP contribution in [0.1, 0.15) is 19.3 Å². The summed E-state index contributed by atoms with van der Waals surface area (Å²) in [5.74, 6) is 0.918. The van der Waals surface area contributed by atoms with E-state index in [1.165, 1.54) is 6.20 Å². The Morgan fingerprint density at radius 2 is 2.24 bits per heavy atom. The largest absolute Gasteiger partial charge is 0.396 e. The zero-order chi connectivity index (χ0) is 12.4. The van der Waals surface area contributed by atoms with Gasteiger partial charge in [-0.1, -0.05) is 18.0 Å². The SMILES string of the molecule is CN(c1nc(Cl)ncc1Cl)C1CCCC1CO. The van der Waals surface area contributed by atoms with E-state index >= 15 is 0 Å². The van der Waals surface area contributed by atoms with Crippen LogP contribution in [-0.4, -0.2) is 34.8 Å². The van der Waals surface area contributed by atoms with E-state index in [9.17, 15) is 5.11 Å². The van der Waals surface area contributed by atoms with E-state index in [1.807, 2.05) is 11.9 Å². The maximum Gasteiger partial charge on any atom is 0.224 e. The minimum Gasteiger partial charge on any atom is -0.396 e. The molecule has 1 aromatic rings. The number of rotatable bonds is 3. The van der Waals surface area contributed by atoms with Crippen molar-refractivity contribution in [3.63, 3.8) is 0 Å². The standard InChI is InChI=1S/C11H15Cl2N3O/c1-16(9-4-2-3-7(9)6-17)10-8(12)5-14-11(13)15-10/h5,7,9,17H,2-4,6H2,1H3. The molecule has 17 heavy (non-hydrogen) atoms. The molecule has 4 nitrogen and oxygen atoms in total. The Kier molecular flexibility index (Phi) is 4.07. The van der Waals surface area contributed by atoms with Gasteiger partial charge in [0.1, 0.15) is 5.02 Å². The second-order valence-corrected chi connectivity index (χ2v) is 5.11. The summed E-state index contributed by atoms with van der Waals surface area (Å²) in [5.41, 5.74) is 0. The number of hydrogen-bond donors (Lipinski definition) is 1. The van der Waals surface area contributed by atoms with Crippen LogP contribution in [0, 0.1) is 5.92 Å². The van der Waals surface area contributed by atoms with Gasteiger partial charge in [0.05, 0.1) is 6.20 Å². The molecule has 94 valence electrons. The fourth-order valence-corrected chi connectivity index (χ4v) is 2.84. The number of aromatic nitrogens is 2. The monoisotopic (exact) mass is 275 g/mol. The molecule has 6 heteroatoms. The molecule has 0 bridgehead atoms. The van der Waals surface area contributed by atoms with Crippen LogP contribution < -0.4 is 4.90 Å². The van der Waals surface area contributed by atoms with Gasteiger partial charge >= 0.3 is 0 Å². The van der Waals surface area contributed by atoms with E-state index in [1.54, 1.807) is 0 Å². The first-order valence-electron chi connectivity index (χ1n) is 5.65. The third kappa shape index (κ3) is 2.64. The molecule has 1 heterocycles. The van der Waals surface area contributed by atoms with Crippen molar-refractivity contribution in [3.05, 3.63) is 16.5 Å². The predicted octanol–water partition coefficient (Wildman–Crippen LogP) is 2.38. The number of aliphatic hydroxyl groups is 1. The second-order valence-electron chi connectivity index (χ2n) is 4.36. The van der Waals surface area contributed by atoms with Gasteiger partial charge in [-0.3, -0.25) is 0 Å². The summed E-state index contributed by atoms with van der Waals surface area (Å²) in [5, 5.41) is 10.0. The van der Waals surface area contributed by atoms with Crippen LogP contribution in [-0.2, 0) is 0 Å². The Morgan fingerprint density at radius 3 is 2.94 bits per heavy atom. The number of nitrogens with zero attached hydrogens (tertiary/aromatic N) is 3. The highest BCUT2D eigenvalue weighted by atomic mass is 35.5. The number of anilines is 1. The normalized spacial score (nSPS) is 24.0. The van der Waals surface area contributed by atoms with Gasteiger partial charge in [0.25, 0.3) is 0 Å². The first-order valence-corrected chi connectivity index (χ1v) is 6.40. The van der Waals surface area contributed by atoms with Gasteiger partial charge in [-0.05, 0) is 24.4 Å². The first-order chi connectivity index (χ1) is 8.13. The highest BCUT2D eigenvalue weighted by Gasteiger charge is 2.31. The van der Waals surface area contributed by atoms with Gasteiger partial charge in [-0.15, -0.1) is 0 Å². The number of aliphatic hydroxyl groups excluding tert-OH is 1. The summed E-state index contributed by atoms with van der Waals surface area (Å²) >= 11 is 11.9. The van der Waals surface area contributed by atoms with E-state index in [2.05, 4.69) is 9.97 Å². The van der Waals surface area contributed by atoms with E-state index in [0.29, 0.717) is 10.8 Å². The Bertz CT molecular complexity index is 402. The predicted molar refractivity (Wildman–Crippen MR) is 68.7 cm³/mol. The van der Waals surface area contributed by atoms with Crippen molar-refractivity contribution in [1.29, 1.82) is 0 Å². The fraction of sp³-hybridized carbons (Fsp3) is 0.636. The van der Waals surface area contributed by atoms with Crippen molar-refractivity contribution >= 4 is 29.0 Å². The van der Waals surface area contributed by atoms with Crippen molar-refractivity contribution in [2.45, 2.75) is 25.3 Å². The Balaban J connectivity index is 2.24. The third-order valence-corrected chi connectivity index (χ3v) is 3.83. The number of halogens is 2. The summed E-state index contributed by atoms with van der Waals surface area (Å²) in [4.78, 5) is 9.99. The second kappa shape index (κ2) is 5.38. The van der Waals surface area contributed by atoms with Crippen molar-refractivity contribution in [2.75, 3.05) is 18.6 Å². The molecule has 0 saturated heterocycles. The van der Waals surface area contributed by atoms with E-state index in [-0.39, 0.29) is 23.9 Å². The average molecular weight is 276 g/mol. The molecule has 2 unspecified atom stereocenters. The highest BCUT2D eigenvalue weighted by molar-refractivity contribution is 6.33. The van der Waals surface area contributed by atoms with Gasteiger partial charge in [-0.2, -0.15) is 4.98 Å². The number of hydrogen-bond acceptors (Lipinski definition) is 4. The van der Waals surface area contributed by atoms with Crippen LogP contribution in [0.15, 0.2) is 6.20 Å². The molecule has 0 aromatic carbocycles. The summed E-state index contributed by atoms with van der Waals surface area (Å²) < 4.78 is 0. The van der Waals surface area contributed by atoms with Crippen LogP contribution in [0.4, 0.5) is 5.82 Å². The zero-order valence-corrected chi connectivity index (χ0v) is 11.1. The Labute approximate surface area is 111 Å².